The highest BCUT2D eigenvalue weighted by molar-refractivity contribution is 5.70. The van der Waals surface area contributed by atoms with Crippen molar-refractivity contribution >= 4 is 6.09 Å². The highest BCUT2D eigenvalue weighted by Crippen LogP contribution is 2.39. The molecule has 0 saturated heterocycles. The Morgan fingerprint density at radius 1 is 1.45 bits per heavy atom. The molecular weight excluding hydrogens is 250 g/mol. The van der Waals surface area contributed by atoms with Crippen LogP contribution in [0.1, 0.15) is 44.7 Å². The number of carbonyl (C=O) groups excluding carboxylic acids is 1. The molecule has 108 valence electrons. The Morgan fingerprint density at radius 3 is 2.80 bits per heavy atom. The van der Waals surface area contributed by atoms with Crippen LogP contribution in [0.4, 0.5) is 4.79 Å². The van der Waals surface area contributed by atoms with E-state index in [0.717, 1.165) is 12.8 Å². The Balaban J connectivity index is 2.24. The molecule has 0 spiro atoms. The molecule has 1 N–H and O–H groups in total. The zero-order valence-electron chi connectivity index (χ0n) is 12.5. The molecule has 0 fully saturated rings. The van der Waals surface area contributed by atoms with Crippen molar-refractivity contribution in [2.75, 3.05) is 0 Å². The van der Waals surface area contributed by atoms with Crippen LogP contribution in [0.3, 0.4) is 0 Å². The molecule has 1 aliphatic rings. The Bertz CT molecular complexity index is 516. The standard InChI is InChI=1S/C17H23NO2/c1-5-11-17(18-15(19)20-16(2,3)4)12-10-13-8-6-7-9-14(13)17/h5-9H,1,10-12H2,2-4H3,(H,18,19). The maximum atomic E-state index is 12.1. The van der Waals surface area contributed by atoms with Gasteiger partial charge in [-0.3, -0.25) is 0 Å². The van der Waals surface area contributed by atoms with Crippen molar-refractivity contribution in [3.8, 4) is 0 Å². The van der Waals surface area contributed by atoms with Crippen LogP contribution in [-0.2, 0) is 16.7 Å². The van der Waals surface area contributed by atoms with Crippen molar-refractivity contribution in [3.63, 3.8) is 0 Å². The van der Waals surface area contributed by atoms with E-state index in [2.05, 4.69) is 24.0 Å². The van der Waals surface area contributed by atoms with E-state index >= 15 is 0 Å². The molecule has 3 heteroatoms. The van der Waals surface area contributed by atoms with Crippen molar-refractivity contribution < 1.29 is 9.53 Å². The fraction of sp³-hybridized carbons (Fsp3) is 0.471. The number of amides is 1. The van der Waals surface area contributed by atoms with Gasteiger partial charge >= 0.3 is 6.09 Å². The lowest BCUT2D eigenvalue weighted by molar-refractivity contribution is 0.0452. The molecule has 0 heterocycles. The Morgan fingerprint density at radius 2 is 2.15 bits per heavy atom. The summed E-state index contributed by atoms with van der Waals surface area (Å²) in [5.74, 6) is 0. The molecule has 0 aliphatic heterocycles. The summed E-state index contributed by atoms with van der Waals surface area (Å²) >= 11 is 0. The van der Waals surface area contributed by atoms with E-state index in [4.69, 9.17) is 4.74 Å². The number of nitrogens with one attached hydrogen (secondary N) is 1. The average Bonchev–Trinajstić information content (AvgIpc) is 2.67. The molecule has 2 rings (SSSR count). The molecule has 1 unspecified atom stereocenters. The maximum Gasteiger partial charge on any atom is 0.408 e. The molecule has 1 amide bonds. The van der Waals surface area contributed by atoms with Gasteiger partial charge in [-0.1, -0.05) is 30.3 Å². The Labute approximate surface area is 121 Å². The van der Waals surface area contributed by atoms with Gasteiger partial charge in [0.15, 0.2) is 0 Å². The molecule has 1 aromatic rings. The van der Waals surface area contributed by atoms with Gasteiger partial charge in [0.1, 0.15) is 5.60 Å². The molecule has 1 aromatic carbocycles. The lowest BCUT2D eigenvalue weighted by atomic mass is 9.88. The fourth-order valence-corrected chi connectivity index (χ4v) is 2.83. The molecule has 0 saturated carbocycles. The molecule has 1 aliphatic carbocycles. The van der Waals surface area contributed by atoms with Crippen LogP contribution < -0.4 is 5.32 Å². The number of fused-ring (bicyclic) bond motifs is 1. The van der Waals surface area contributed by atoms with Crippen LogP contribution >= 0.6 is 0 Å². The summed E-state index contributed by atoms with van der Waals surface area (Å²) in [7, 11) is 0. The van der Waals surface area contributed by atoms with E-state index in [1.807, 2.05) is 39.0 Å². The van der Waals surface area contributed by atoms with Crippen LogP contribution in [-0.4, -0.2) is 11.7 Å². The van der Waals surface area contributed by atoms with E-state index in [0.29, 0.717) is 6.42 Å². The monoisotopic (exact) mass is 273 g/mol. The molecule has 0 bridgehead atoms. The fourth-order valence-electron chi connectivity index (χ4n) is 2.83. The highest BCUT2D eigenvalue weighted by atomic mass is 16.6. The maximum absolute atomic E-state index is 12.1. The van der Waals surface area contributed by atoms with E-state index in [-0.39, 0.29) is 11.6 Å². The minimum absolute atomic E-state index is 0.365. The number of hydrogen-bond donors (Lipinski definition) is 1. The van der Waals surface area contributed by atoms with Gasteiger partial charge < -0.3 is 10.1 Å². The van der Waals surface area contributed by atoms with E-state index in [1.165, 1.54) is 11.1 Å². The van der Waals surface area contributed by atoms with Gasteiger partial charge in [0, 0.05) is 0 Å². The first-order valence-electron chi connectivity index (χ1n) is 7.07. The number of benzene rings is 1. The lowest BCUT2D eigenvalue weighted by Crippen LogP contribution is -2.46. The lowest BCUT2D eigenvalue weighted by Gasteiger charge is -2.32. The summed E-state index contributed by atoms with van der Waals surface area (Å²) in [6, 6.07) is 8.26. The first-order chi connectivity index (χ1) is 9.36. The summed E-state index contributed by atoms with van der Waals surface area (Å²) in [5.41, 5.74) is 1.62. The van der Waals surface area contributed by atoms with Crippen LogP contribution in [0.5, 0.6) is 0 Å². The third kappa shape index (κ3) is 3.03. The van der Waals surface area contributed by atoms with Gasteiger partial charge in [0.2, 0.25) is 0 Å². The topological polar surface area (TPSA) is 38.3 Å². The van der Waals surface area contributed by atoms with Crippen LogP contribution in [0.25, 0.3) is 0 Å². The number of carbonyl (C=O) groups is 1. The second-order valence-corrected chi connectivity index (χ2v) is 6.36. The molecule has 1 atom stereocenters. The van der Waals surface area contributed by atoms with Gasteiger partial charge in [0.05, 0.1) is 5.54 Å². The van der Waals surface area contributed by atoms with Gasteiger partial charge in [-0.25, -0.2) is 4.79 Å². The first-order valence-corrected chi connectivity index (χ1v) is 7.07. The Hall–Kier alpha value is -1.77. The minimum atomic E-state index is -0.489. The molecule has 20 heavy (non-hydrogen) atoms. The molecular formula is C17H23NO2. The number of ether oxygens (including phenoxy) is 1. The third-order valence-corrected chi connectivity index (χ3v) is 3.59. The zero-order valence-corrected chi connectivity index (χ0v) is 12.5. The summed E-state index contributed by atoms with van der Waals surface area (Å²) in [6.45, 7) is 9.44. The number of alkyl carbamates (subject to hydrolysis) is 1. The van der Waals surface area contributed by atoms with Crippen molar-refractivity contribution in [2.45, 2.75) is 51.2 Å². The van der Waals surface area contributed by atoms with E-state index in [1.54, 1.807) is 0 Å². The summed E-state index contributed by atoms with van der Waals surface area (Å²) in [5, 5.41) is 3.07. The number of rotatable bonds is 3. The predicted octanol–water partition coefficient (Wildman–Crippen LogP) is 3.93. The second-order valence-electron chi connectivity index (χ2n) is 6.36. The van der Waals surface area contributed by atoms with Crippen LogP contribution in [0.15, 0.2) is 36.9 Å². The first kappa shape index (κ1) is 14.6. The van der Waals surface area contributed by atoms with Crippen molar-refractivity contribution in [2.24, 2.45) is 0 Å². The SMILES string of the molecule is C=CCC1(NC(=O)OC(C)(C)C)CCc2ccccc21. The molecule has 0 radical (unpaired) electrons. The summed E-state index contributed by atoms with van der Waals surface area (Å²) in [4.78, 5) is 12.1. The third-order valence-electron chi connectivity index (χ3n) is 3.59. The number of hydrogen-bond acceptors (Lipinski definition) is 2. The predicted molar refractivity (Wildman–Crippen MR) is 80.6 cm³/mol. The van der Waals surface area contributed by atoms with Gasteiger partial charge in [0.25, 0.3) is 0 Å². The second kappa shape index (κ2) is 5.31. The number of aryl methyl sites for hydroxylation is 1. The minimum Gasteiger partial charge on any atom is -0.444 e. The van der Waals surface area contributed by atoms with Crippen molar-refractivity contribution in [1.82, 2.24) is 5.32 Å². The quantitative estimate of drug-likeness (QED) is 0.847. The zero-order chi connectivity index (χ0) is 14.8. The largest absolute Gasteiger partial charge is 0.444 e. The summed E-state index contributed by atoms with van der Waals surface area (Å²) in [6.07, 6.45) is 4.07. The van der Waals surface area contributed by atoms with Gasteiger partial charge in [-0.15, -0.1) is 6.58 Å². The smallest absolute Gasteiger partial charge is 0.408 e. The van der Waals surface area contributed by atoms with E-state index in [9.17, 15) is 4.79 Å². The molecule has 0 aromatic heterocycles. The van der Waals surface area contributed by atoms with Gasteiger partial charge in [-0.05, 0) is 51.2 Å². The van der Waals surface area contributed by atoms with Crippen molar-refractivity contribution in [1.29, 1.82) is 0 Å². The van der Waals surface area contributed by atoms with Crippen LogP contribution in [0, 0.1) is 0 Å². The normalized spacial score (nSPS) is 21.1. The Kier molecular flexibility index (Phi) is 3.89. The van der Waals surface area contributed by atoms with Crippen molar-refractivity contribution in [3.05, 3.63) is 48.0 Å². The summed E-state index contributed by atoms with van der Waals surface area (Å²) < 4.78 is 5.40. The highest BCUT2D eigenvalue weighted by Gasteiger charge is 2.39. The average molecular weight is 273 g/mol. The molecule has 3 nitrogen and oxygen atoms in total. The van der Waals surface area contributed by atoms with E-state index < -0.39 is 5.60 Å². The van der Waals surface area contributed by atoms with Gasteiger partial charge in [-0.2, -0.15) is 0 Å². The van der Waals surface area contributed by atoms with Crippen LogP contribution in [0.2, 0.25) is 0 Å².